The van der Waals surface area contributed by atoms with E-state index in [4.69, 9.17) is 9.47 Å². The zero-order valence-corrected chi connectivity index (χ0v) is 16.2. The molecular formula is C21H22N6O2. The summed E-state index contributed by atoms with van der Waals surface area (Å²) in [7, 11) is 0. The second-order valence-corrected chi connectivity index (χ2v) is 7.14. The molecule has 0 spiro atoms. The van der Waals surface area contributed by atoms with Gasteiger partial charge in [0.15, 0.2) is 17.3 Å². The number of rotatable bonds is 4. The van der Waals surface area contributed by atoms with Crippen LogP contribution in [0.5, 0.6) is 11.5 Å². The molecule has 5 rings (SSSR count). The minimum Gasteiger partial charge on any atom is -0.454 e. The van der Waals surface area contributed by atoms with E-state index in [0.717, 1.165) is 43.4 Å². The maximum absolute atomic E-state index is 5.42. The van der Waals surface area contributed by atoms with Crippen molar-refractivity contribution in [2.45, 2.75) is 6.92 Å². The highest BCUT2D eigenvalue weighted by atomic mass is 16.7. The summed E-state index contributed by atoms with van der Waals surface area (Å²) in [5.74, 6) is 2.75. The molecule has 3 aromatic rings. The van der Waals surface area contributed by atoms with E-state index in [9.17, 15) is 0 Å². The van der Waals surface area contributed by atoms with Crippen LogP contribution in [0.1, 0.15) is 5.56 Å². The molecule has 3 heterocycles. The molecule has 2 aromatic carbocycles. The molecule has 0 unspecified atom stereocenters. The van der Waals surface area contributed by atoms with E-state index in [1.54, 1.807) is 6.20 Å². The summed E-state index contributed by atoms with van der Waals surface area (Å²) < 4.78 is 10.8. The van der Waals surface area contributed by atoms with Gasteiger partial charge in [-0.15, -0.1) is 5.10 Å². The predicted molar refractivity (Wildman–Crippen MR) is 111 cm³/mol. The van der Waals surface area contributed by atoms with Crippen LogP contribution in [0.2, 0.25) is 0 Å². The Morgan fingerprint density at radius 1 is 0.931 bits per heavy atom. The van der Waals surface area contributed by atoms with Crippen molar-refractivity contribution < 1.29 is 9.47 Å². The largest absolute Gasteiger partial charge is 0.454 e. The maximum atomic E-state index is 5.42. The lowest BCUT2D eigenvalue weighted by Crippen LogP contribution is -2.47. The van der Waals surface area contributed by atoms with Gasteiger partial charge in [-0.2, -0.15) is 10.1 Å². The van der Waals surface area contributed by atoms with E-state index in [0.29, 0.717) is 11.7 Å². The molecule has 1 aromatic heterocycles. The monoisotopic (exact) mass is 390 g/mol. The molecule has 1 saturated heterocycles. The highest BCUT2D eigenvalue weighted by Crippen LogP contribution is 2.34. The first kappa shape index (κ1) is 17.5. The number of hydrogen-bond acceptors (Lipinski definition) is 8. The molecule has 0 saturated carbocycles. The van der Waals surface area contributed by atoms with Crippen LogP contribution in [-0.2, 0) is 0 Å². The standard InChI is InChI=1S/C21H22N6O2/c1-15-3-2-4-17(11-15)26-7-9-27(10-8-26)20-13-22-25-21(24-20)23-16-5-6-18-19(12-16)29-14-28-18/h2-6,11-13H,7-10,14H2,1H3,(H,23,24,25). The third-order valence-corrected chi connectivity index (χ3v) is 5.15. The smallest absolute Gasteiger partial charge is 0.249 e. The molecule has 148 valence electrons. The molecule has 0 amide bonds. The van der Waals surface area contributed by atoms with Crippen molar-refractivity contribution in [3.05, 3.63) is 54.2 Å². The van der Waals surface area contributed by atoms with Crippen LogP contribution in [-0.4, -0.2) is 48.2 Å². The van der Waals surface area contributed by atoms with Gasteiger partial charge in [-0.3, -0.25) is 0 Å². The summed E-state index contributed by atoms with van der Waals surface area (Å²) >= 11 is 0. The lowest BCUT2D eigenvalue weighted by atomic mass is 10.2. The van der Waals surface area contributed by atoms with Crippen LogP contribution >= 0.6 is 0 Å². The second-order valence-electron chi connectivity index (χ2n) is 7.14. The molecule has 2 aliphatic rings. The lowest BCUT2D eigenvalue weighted by Gasteiger charge is -2.36. The number of piperazine rings is 1. The van der Waals surface area contributed by atoms with Crippen molar-refractivity contribution in [1.29, 1.82) is 0 Å². The summed E-state index contributed by atoms with van der Waals surface area (Å²) in [4.78, 5) is 9.30. The number of benzene rings is 2. The third kappa shape index (κ3) is 3.73. The Bertz CT molecular complexity index is 1020. The van der Waals surface area contributed by atoms with Gasteiger partial charge in [-0.05, 0) is 36.8 Å². The summed E-state index contributed by atoms with van der Waals surface area (Å²) in [6, 6.07) is 14.3. The van der Waals surface area contributed by atoms with Crippen molar-refractivity contribution in [1.82, 2.24) is 15.2 Å². The molecular weight excluding hydrogens is 368 g/mol. The number of nitrogens with one attached hydrogen (secondary N) is 1. The number of aromatic nitrogens is 3. The van der Waals surface area contributed by atoms with Gasteiger partial charge >= 0.3 is 0 Å². The molecule has 0 atom stereocenters. The third-order valence-electron chi connectivity index (χ3n) is 5.15. The summed E-state index contributed by atoms with van der Waals surface area (Å²) in [5.41, 5.74) is 3.39. The Labute approximate surface area is 169 Å². The van der Waals surface area contributed by atoms with Crippen LogP contribution < -0.4 is 24.6 Å². The zero-order chi connectivity index (χ0) is 19.6. The summed E-state index contributed by atoms with van der Waals surface area (Å²) in [5, 5.41) is 11.4. The minimum absolute atomic E-state index is 0.251. The normalized spacial score (nSPS) is 15.5. The van der Waals surface area contributed by atoms with Gasteiger partial charge in [0.2, 0.25) is 12.7 Å². The molecule has 0 radical (unpaired) electrons. The fourth-order valence-corrected chi connectivity index (χ4v) is 3.62. The molecule has 8 nitrogen and oxygen atoms in total. The Morgan fingerprint density at radius 3 is 2.62 bits per heavy atom. The molecule has 0 aliphatic carbocycles. The lowest BCUT2D eigenvalue weighted by molar-refractivity contribution is 0.174. The van der Waals surface area contributed by atoms with Gasteiger partial charge < -0.3 is 24.6 Å². The average molecular weight is 390 g/mol. The van der Waals surface area contributed by atoms with Crippen molar-refractivity contribution in [3.63, 3.8) is 0 Å². The molecule has 1 fully saturated rings. The highest BCUT2D eigenvalue weighted by Gasteiger charge is 2.19. The number of anilines is 4. The quantitative estimate of drug-likeness (QED) is 0.729. The van der Waals surface area contributed by atoms with Crippen LogP contribution in [0.4, 0.5) is 23.1 Å². The van der Waals surface area contributed by atoms with Crippen LogP contribution in [0.25, 0.3) is 0 Å². The van der Waals surface area contributed by atoms with E-state index in [-0.39, 0.29) is 6.79 Å². The Hall–Kier alpha value is -3.55. The van der Waals surface area contributed by atoms with Crippen LogP contribution in [0.15, 0.2) is 48.7 Å². The van der Waals surface area contributed by atoms with Gasteiger partial charge in [0.1, 0.15) is 0 Å². The van der Waals surface area contributed by atoms with Gasteiger partial charge in [-0.25, -0.2) is 0 Å². The Morgan fingerprint density at radius 2 is 1.76 bits per heavy atom. The number of fused-ring (bicyclic) bond motifs is 1. The van der Waals surface area contributed by atoms with E-state index >= 15 is 0 Å². The van der Waals surface area contributed by atoms with Gasteiger partial charge in [-0.1, -0.05) is 12.1 Å². The first-order chi connectivity index (χ1) is 14.2. The predicted octanol–water partition coefficient (Wildman–Crippen LogP) is 2.98. The number of nitrogens with zero attached hydrogens (tertiary/aromatic N) is 5. The Balaban J connectivity index is 1.26. The summed E-state index contributed by atoms with van der Waals surface area (Å²) in [6.45, 7) is 6.03. The first-order valence-corrected chi connectivity index (χ1v) is 9.67. The minimum atomic E-state index is 0.251. The van der Waals surface area contributed by atoms with Crippen molar-refractivity contribution >= 4 is 23.1 Å². The number of ether oxygens (including phenoxy) is 2. The van der Waals surface area contributed by atoms with E-state index in [2.05, 4.69) is 61.5 Å². The first-order valence-electron chi connectivity index (χ1n) is 9.67. The fourth-order valence-electron chi connectivity index (χ4n) is 3.62. The van der Waals surface area contributed by atoms with E-state index in [1.807, 2.05) is 18.2 Å². The maximum Gasteiger partial charge on any atom is 0.249 e. The zero-order valence-electron chi connectivity index (χ0n) is 16.2. The number of aryl methyl sites for hydroxylation is 1. The van der Waals surface area contributed by atoms with E-state index in [1.165, 1.54) is 11.3 Å². The number of hydrogen-bond donors (Lipinski definition) is 1. The molecule has 2 aliphatic heterocycles. The van der Waals surface area contributed by atoms with Gasteiger partial charge in [0, 0.05) is 43.6 Å². The van der Waals surface area contributed by atoms with Crippen molar-refractivity contribution in [3.8, 4) is 11.5 Å². The fraction of sp³-hybridized carbons (Fsp3) is 0.286. The van der Waals surface area contributed by atoms with Crippen molar-refractivity contribution in [2.24, 2.45) is 0 Å². The van der Waals surface area contributed by atoms with Crippen molar-refractivity contribution in [2.75, 3.05) is 48.1 Å². The van der Waals surface area contributed by atoms with Crippen LogP contribution in [0.3, 0.4) is 0 Å². The topological polar surface area (TPSA) is 75.6 Å². The van der Waals surface area contributed by atoms with Gasteiger partial charge in [0.05, 0.1) is 6.20 Å². The summed E-state index contributed by atoms with van der Waals surface area (Å²) in [6.07, 6.45) is 1.72. The van der Waals surface area contributed by atoms with Gasteiger partial charge in [0.25, 0.3) is 0 Å². The molecule has 0 bridgehead atoms. The van der Waals surface area contributed by atoms with Crippen LogP contribution in [0, 0.1) is 6.92 Å². The Kier molecular flexibility index (Phi) is 4.51. The second kappa shape index (κ2) is 7.46. The molecule has 8 heteroatoms. The SMILES string of the molecule is Cc1cccc(N2CCN(c3cnnc(Nc4ccc5c(c4)OCO5)n3)CC2)c1. The average Bonchev–Trinajstić information content (AvgIpc) is 3.22. The van der Waals surface area contributed by atoms with E-state index < -0.39 is 0 Å². The molecule has 29 heavy (non-hydrogen) atoms. The highest BCUT2D eigenvalue weighted by molar-refractivity contribution is 5.61. The molecule has 1 N–H and O–H groups in total.